The summed E-state index contributed by atoms with van der Waals surface area (Å²) in [5.41, 5.74) is 3.02. The Morgan fingerprint density at radius 2 is 1.79 bits per heavy atom. The average Bonchev–Trinajstić information content (AvgIpc) is 3.09. The molecule has 0 aliphatic carbocycles. The van der Waals surface area contributed by atoms with Crippen LogP contribution in [0.25, 0.3) is 11.3 Å². The minimum absolute atomic E-state index is 0.119. The lowest BCUT2D eigenvalue weighted by molar-refractivity contribution is 0.0747. The number of aryl methyl sites for hydroxylation is 2. The van der Waals surface area contributed by atoms with Crippen LogP contribution >= 0.6 is 0 Å². The number of benzene rings is 2. The number of carbonyl (C=O) groups excluding carboxylic acids is 1. The second-order valence-corrected chi connectivity index (χ2v) is 7.31. The molecular formula is C22H22F2N4O. The highest BCUT2D eigenvalue weighted by molar-refractivity contribution is 6.00. The molecule has 0 radical (unpaired) electrons. The quantitative estimate of drug-likeness (QED) is 0.679. The van der Waals surface area contributed by atoms with Gasteiger partial charge in [0.1, 0.15) is 17.3 Å². The maximum absolute atomic E-state index is 14.3. The Bertz CT molecular complexity index is 1050. The zero-order valence-corrected chi connectivity index (χ0v) is 16.4. The third-order valence-electron chi connectivity index (χ3n) is 5.18. The lowest BCUT2D eigenvalue weighted by atomic mass is 10.1. The SMILES string of the molecule is Cc1cccc(N2CCN(C(=O)c3cn(C)nc3-c3ccc(F)cc3F)CC2)c1. The van der Waals surface area contributed by atoms with Crippen molar-refractivity contribution in [3.8, 4) is 11.3 Å². The number of aromatic nitrogens is 2. The van der Waals surface area contributed by atoms with Gasteiger partial charge in [-0.05, 0) is 36.8 Å². The van der Waals surface area contributed by atoms with E-state index in [1.807, 2.05) is 6.07 Å². The number of rotatable bonds is 3. The fourth-order valence-electron chi connectivity index (χ4n) is 3.69. The fraction of sp³-hybridized carbons (Fsp3) is 0.273. The van der Waals surface area contributed by atoms with Crippen molar-refractivity contribution in [2.45, 2.75) is 6.92 Å². The largest absolute Gasteiger partial charge is 0.368 e. The first-order valence-electron chi connectivity index (χ1n) is 9.52. The van der Waals surface area contributed by atoms with Gasteiger partial charge in [-0.2, -0.15) is 5.10 Å². The maximum atomic E-state index is 14.3. The third-order valence-corrected chi connectivity index (χ3v) is 5.18. The molecule has 1 aromatic heterocycles. The number of amides is 1. The highest BCUT2D eigenvalue weighted by Gasteiger charge is 2.27. The van der Waals surface area contributed by atoms with Crippen LogP contribution in [-0.2, 0) is 7.05 Å². The molecule has 3 aromatic rings. The Morgan fingerprint density at radius 1 is 1.03 bits per heavy atom. The van der Waals surface area contributed by atoms with E-state index in [0.29, 0.717) is 18.7 Å². The van der Waals surface area contributed by atoms with Crippen molar-refractivity contribution < 1.29 is 13.6 Å². The molecule has 1 amide bonds. The number of anilines is 1. The van der Waals surface area contributed by atoms with Crippen molar-refractivity contribution in [2.75, 3.05) is 31.1 Å². The molecule has 7 heteroatoms. The van der Waals surface area contributed by atoms with Gasteiger partial charge in [0.05, 0.1) is 5.56 Å². The standard InChI is InChI=1S/C22H22F2N4O/c1-15-4-3-5-17(12-15)27-8-10-28(11-9-27)22(29)19-14-26(2)25-21(19)18-7-6-16(23)13-20(18)24/h3-7,12-14H,8-11H2,1-2H3. The van der Waals surface area contributed by atoms with Crippen LogP contribution in [0.4, 0.5) is 14.5 Å². The summed E-state index contributed by atoms with van der Waals surface area (Å²) in [5, 5.41) is 4.26. The van der Waals surface area contributed by atoms with Crippen LogP contribution in [0, 0.1) is 18.6 Å². The van der Waals surface area contributed by atoms with E-state index < -0.39 is 11.6 Å². The number of halogens is 2. The van der Waals surface area contributed by atoms with Crippen LogP contribution in [0.5, 0.6) is 0 Å². The third kappa shape index (κ3) is 3.85. The van der Waals surface area contributed by atoms with Crippen molar-refractivity contribution in [3.63, 3.8) is 0 Å². The number of nitrogens with zero attached hydrogens (tertiary/aromatic N) is 4. The number of carbonyl (C=O) groups is 1. The van der Waals surface area contributed by atoms with Gasteiger partial charge in [0.15, 0.2) is 0 Å². The maximum Gasteiger partial charge on any atom is 0.257 e. The summed E-state index contributed by atoms with van der Waals surface area (Å²) in [7, 11) is 1.68. The lowest BCUT2D eigenvalue weighted by Crippen LogP contribution is -2.48. The molecule has 0 unspecified atom stereocenters. The van der Waals surface area contributed by atoms with Crippen molar-refractivity contribution in [3.05, 3.63) is 71.4 Å². The van der Waals surface area contributed by atoms with Crippen molar-refractivity contribution in [2.24, 2.45) is 7.05 Å². The molecular weight excluding hydrogens is 374 g/mol. The molecule has 0 N–H and O–H groups in total. The summed E-state index contributed by atoms with van der Waals surface area (Å²) < 4.78 is 29.0. The van der Waals surface area contributed by atoms with Crippen molar-refractivity contribution >= 4 is 11.6 Å². The van der Waals surface area contributed by atoms with E-state index in [1.165, 1.54) is 22.4 Å². The Balaban J connectivity index is 1.54. The van der Waals surface area contributed by atoms with Gasteiger partial charge < -0.3 is 9.80 Å². The normalized spacial score (nSPS) is 14.3. The summed E-state index contributed by atoms with van der Waals surface area (Å²) in [6, 6.07) is 11.6. The summed E-state index contributed by atoms with van der Waals surface area (Å²) >= 11 is 0. The van der Waals surface area contributed by atoms with Crippen molar-refractivity contribution in [1.29, 1.82) is 0 Å². The van der Waals surface area contributed by atoms with E-state index in [4.69, 9.17) is 0 Å². The molecule has 29 heavy (non-hydrogen) atoms. The van der Waals surface area contributed by atoms with Crippen LogP contribution in [0.2, 0.25) is 0 Å². The Labute approximate surface area is 168 Å². The van der Waals surface area contributed by atoms with Crippen LogP contribution in [-0.4, -0.2) is 46.8 Å². The van der Waals surface area contributed by atoms with Gasteiger partial charge in [-0.25, -0.2) is 8.78 Å². The van der Waals surface area contributed by atoms with Gasteiger partial charge >= 0.3 is 0 Å². The smallest absolute Gasteiger partial charge is 0.257 e. The highest BCUT2D eigenvalue weighted by atomic mass is 19.1. The Kier molecular flexibility index (Phi) is 5.05. The van der Waals surface area contributed by atoms with E-state index in [0.717, 1.165) is 24.8 Å². The first-order chi connectivity index (χ1) is 13.9. The second-order valence-electron chi connectivity index (χ2n) is 7.31. The summed E-state index contributed by atoms with van der Waals surface area (Å²) in [4.78, 5) is 17.1. The molecule has 4 rings (SSSR count). The zero-order chi connectivity index (χ0) is 20.5. The second kappa shape index (κ2) is 7.66. The van der Waals surface area contributed by atoms with Crippen LogP contribution in [0.15, 0.2) is 48.7 Å². The molecule has 1 aliphatic rings. The van der Waals surface area contributed by atoms with Crippen molar-refractivity contribution in [1.82, 2.24) is 14.7 Å². The van der Waals surface area contributed by atoms with Gasteiger partial charge in [0.2, 0.25) is 0 Å². The summed E-state index contributed by atoms with van der Waals surface area (Å²) in [5.74, 6) is -1.59. The Morgan fingerprint density at radius 3 is 2.48 bits per heavy atom. The van der Waals surface area contributed by atoms with E-state index in [2.05, 4.69) is 35.1 Å². The number of hydrogen-bond acceptors (Lipinski definition) is 3. The molecule has 1 fully saturated rings. The molecule has 1 saturated heterocycles. The first-order valence-corrected chi connectivity index (χ1v) is 9.52. The molecule has 1 aliphatic heterocycles. The molecule has 0 saturated carbocycles. The van der Waals surface area contributed by atoms with Crippen LogP contribution in [0.3, 0.4) is 0 Å². The average molecular weight is 396 g/mol. The van der Waals surface area contributed by atoms with E-state index in [1.54, 1.807) is 18.1 Å². The minimum Gasteiger partial charge on any atom is -0.368 e. The molecule has 0 bridgehead atoms. The highest BCUT2D eigenvalue weighted by Crippen LogP contribution is 2.27. The molecule has 150 valence electrons. The van der Waals surface area contributed by atoms with E-state index in [-0.39, 0.29) is 17.2 Å². The number of hydrogen-bond donors (Lipinski definition) is 0. The molecule has 0 spiro atoms. The van der Waals surface area contributed by atoms with E-state index >= 15 is 0 Å². The van der Waals surface area contributed by atoms with Gasteiger partial charge in [-0.3, -0.25) is 9.48 Å². The van der Waals surface area contributed by atoms with Crippen LogP contribution < -0.4 is 4.90 Å². The topological polar surface area (TPSA) is 41.4 Å². The monoisotopic (exact) mass is 396 g/mol. The van der Waals surface area contributed by atoms with Gasteiger partial charge in [-0.15, -0.1) is 0 Å². The number of piperazine rings is 1. The fourth-order valence-corrected chi connectivity index (χ4v) is 3.69. The summed E-state index contributed by atoms with van der Waals surface area (Å²) in [6.07, 6.45) is 1.59. The first kappa shape index (κ1) is 19.1. The minimum atomic E-state index is -0.734. The summed E-state index contributed by atoms with van der Waals surface area (Å²) in [6.45, 7) is 4.62. The molecule has 2 heterocycles. The van der Waals surface area contributed by atoms with Crippen LogP contribution in [0.1, 0.15) is 15.9 Å². The predicted molar refractivity (Wildman–Crippen MR) is 108 cm³/mol. The van der Waals surface area contributed by atoms with Gasteiger partial charge in [0.25, 0.3) is 5.91 Å². The zero-order valence-electron chi connectivity index (χ0n) is 16.4. The van der Waals surface area contributed by atoms with Gasteiger partial charge in [-0.1, -0.05) is 12.1 Å². The molecule has 0 atom stereocenters. The van der Waals surface area contributed by atoms with Gasteiger partial charge in [0, 0.05) is 56.7 Å². The Hall–Kier alpha value is -3.22. The molecule has 5 nitrogen and oxygen atoms in total. The van der Waals surface area contributed by atoms with E-state index in [9.17, 15) is 13.6 Å². The predicted octanol–water partition coefficient (Wildman–Crippen LogP) is 3.64. The molecule has 2 aromatic carbocycles. The lowest BCUT2D eigenvalue weighted by Gasteiger charge is -2.36.